The maximum absolute atomic E-state index is 13.6. The molecule has 0 aliphatic heterocycles. The van der Waals surface area contributed by atoms with Gasteiger partial charge in [0.25, 0.3) is 11.8 Å². The third kappa shape index (κ3) is 12.7. The summed E-state index contributed by atoms with van der Waals surface area (Å²) < 4.78 is 34.1. The second-order valence-electron chi connectivity index (χ2n) is 13.5. The lowest BCUT2D eigenvalue weighted by Crippen LogP contribution is -2.58. The van der Waals surface area contributed by atoms with E-state index in [0.717, 1.165) is 12.1 Å². The molecule has 2 aromatic carbocycles. The summed E-state index contributed by atoms with van der Waals surface area (Å²) in [4.78, 5) is 66.5. The number of carbonyl (C=O) groups excluding carboxylic acids is 5. The summed E-state index contributed by atoms with van der Waals surface area (Å²) >= 11 is 0. The fourth-order valence-corrected chi connectivity index (χ4v) is 5.15. The number of nitrogens with zero attached hydrogens (tertiary/aromatic N) is 2. The van der Waals surface area contributed by atoms with Gasteiger partial charge < -0.3 is 30.4 Å². The highest BCUT2D eigenvalue weighted by Gasteiger charge is 2.33. The molecule has 0 saturated heterocycles. The van der Waals surface area contributed by atoms with E-state index in [1.165, 1.54) is 19.2 Å². The molecule has 0 unspecified atom stereocenters. The molecule has 0 aliphatic carbocycles. The van der Waals surface area contributed by atoms with Gasteiger partial charge in [-0.05, 0) is 54.2 Å². The summed E-state index contributed by atoms with van der Waals surface area (Å²) in [7, 11) is -2.72. The predicted molar refractivity (Wildman–Crippen MR) is 185 cm³/mol. The summed E-state index contributed by atoms with van der Waals surface area (Å²) in [5, 5.41) is 23.3. The Bertz CT molecular complexity index is 1790. The van der Waals surface area contributed by atoms with Crippen LogP contribution in [0.2, 0.25) is 0 Å². The van der Waals surface area contributed by atoms with Crippen LogP contribution in [-0.4, -0.2) is 86.4 Å². The molecule has 0 bridgehead atoms. The van der Waals surface area contributed by atoms with E-state index in [-0.39, 0.29) is 53.1 Å². The van der Waals surface area contributed by atoms with Crippen LogP contribution in [0.25, 0.3) is 11.5 Å². The minimum Gasteiger partial charge on any atom is -0.414 e. The Morgan fingerprint density at radius 2 is 1.47 bits per heavy atom. The predicted octanol–water partition coefficient (Wildman–Crippen LogP) is 1.58. The number of ether oxygens (including phenoxy) is 1. The largest absolute Gasteiger partial charge is 0.414 e. The third-order valence-corrected chi connectivity index (χ3v) is 8.16. The number of nitrogens with two attached hydrogens (primary N) is 1. The summed E-state index contributed by atoms with van der Waals surface area (Å²) in [6, 6.07) is 9.52. The van der Waals surface area contributed by atoms with E-state index in [2.05, 4.69) is 31.5 Å². The molecule has 276 valence electrons. The first-order valence-electron chi connectivity index (χ1n) is 16.1. The van der Waals surface area contributed by atoms with Crippen molar-refractivity contribution in [2.24, 2.45) is 16.5 Å². The highest BCUT2D eigenvalue weighted by molar-refractivity contribution is 7.89. The molecule has 0 radical (unpaired) electrons. The normalized spacial score (nSPS) is 13.5. The lowest BCUT2D eigenvalue weighted by molar-refractivity contribution is -0.132. The van der Waals surface area contributed by atoms with Gasteiger partial charge in [0, 0.05) is 24.8 Å². The van der Waals surface area contributed by atoms with E-state index in [0.29, 0.717) is 5.56 Å². The number of ketones is 1. The molecule has 0 aliphatic rings. The van der Waals surface area contributed by atoms with Gasteiger partial charge >= 0.3 is 0 Å². The lowest BCUT2D eigenvalue weighted by atomic mass is 9.97. The SMILES string of the molecule is COC[C@H](NC(=O)[C@H](CC(=O)NCC(C)(C)C)NC(=O)c1ccc(S(N)(=O)=O)cc1)C(=O)N[C@@H](CC(C)C)C(=O)c1nnc(-c2ccccc2)o1. The number of hydrogen-bond acceptors (Lipinski definition) is 11. The van der Waals surface area contributed by atoms with E-state index >= 15 is 0 Å². The number of methoxy groups -OCH3 is 1. The molecule has 3 atom stereocenters. The van der Waals surface area contributed by atoms with Crippen molar-refractivity contribution < 1.29 is 41.5 Å². The first kappa shape index (κ1) is 40.4. The highest BCUT2D eigenvalue weighted by Crippen LogP contribution is 2.19. The molecule has 0 spiro atoms. The van der Waals surface area contributed by atoms with Gasteiger partial charge in [0.15, 0.2) is 0 Å². The van der Waals surface area contributed by atoms with Crippen LogP contribution in [0, 0.1) is 11.3 Å². The zero-order valence-electron chi connectivity index (χ0n) is 29.4. The minimum absolute atomic E-state index is 0.0204. The summed E-state index contributed by atoms with van der Waals surface area (Å²) in [5.74, 6) is -3.92. The number of benzene rings is 2. The maximum atomic E-state index is 13.6. The van der Waals surface area contributed by atoms with Crippen molar-refractivity contribution in [1.82, 2.24) is 31.5 Å². The Hall–Kier alpha value is -5.00. The molecule has 17 heteroatoms. The summed E-state index contributed by atoms with van der Waals surface area (Å²) in [5.41, 5.74) is 0.302. The van der Waals surface area contributed by atoms with Crippen molar-refractivity contribution in [3.63, 3.8) is 0 Å². The van der Waals surface area contributed by atoms with Gasteiger partial charge in [0.2, 0.25) is 39.4 Å². The van der Waals surface area contributed by atoms with E-state index < -0.39 is 64.0 Å². The molecule has 51 heavy (non-hydrogen) atoms. The van der Waals surface area contributed by atoms with Crippen molar-refractivity contribution in [2.45, 2.75) is 70.5 Å². The molecular weight excluding hydrogens is 682 g/mol. The summed E-state index contributed by atoms with van der Waals surface area (Å²) in [6.45, 7) is 9.35. The molecule has 16 nitrogen and oxygen atoms in total. The fraction of sp³-hybridized carbons (Fsp3) is 0.441. The number of rotatable bonds is 17. The van der Waals surface area contributed by atoms with E-state index in [1.807, 2.05) is 40.7 Å². The average molecular weight is 728 g/mol. The van der Waals surface area contributed by atoms with E-state index in [9.17, 15) is 32.4 Å². The van der Waals surface area contributed by atoms with Gasteiger partial charge in [-0.25, -0.2) is 13.6 Å². The van der Waals surface area contributed by atoms with Gasteiger partial charge in [0.1, 0.15) is 12.1 Å². The number of amides is 4. The van der Waals surface area contributed by atoms with Crippen molar-refractivity contribution >= 4 is 39.4 Å². The van der Waals surface area contributed by atoms with E-state index in [4.69, 9.17) is 14.3 Å². The number of hydrogen-bond donors (Lipinski definition) is 5. The Morgan fingerprint density at radius 3 is 2.04 bits per heavy atom. The van der Waals surface area contributed by atoms with Crippen LogP contribution in [0.1, 0.15) is 68.5 Å². The number of primary sulfonamides is 1. The van der Waals surface area contributed by atoms with Gasteiger partial charge in [-0.2, -0.15) is 0 Å². The molecule has 1 heterocycles. The van der Waals surface area contributed by atoms with Gasteiger partial charge in [-0.15, -0.1) is 10.2 Å². The van der Waals surface area contributed by atoms with Crippen LogP contribution < -0.4 is 26.4 Å². The minimum atomic E-state index is -4.02. The Kier molecular flexibility index (Phi) is 14.1. The maximum Gasteiger partial charge on any atom is 0.286 e. The summed E-state index contributed by atoms with van der Waals surface area (Å²) in [6.07, 6.45) is -0.308. The van der Waals surface area contributed by atoms with Crippen molar-refractivity contribution in [3.05, 3.63) is 66.1 Å². The molecular formula is C34H45N7O9S. The Morgan fingerprint density at radius 1 is 0.863 bits per heavy atom. The van der Waals surface area contributed by atoms with Crippen molar-refractivity contribution in [3.8, 4) is 11.5 Å². The number of carbonyl (C=O) groups is 5. The Balaban J connectivity index is 1.81. The monoisotopic (exact) mass is 727 g/mol. The Labute approximate surface area is 296 Å². The fourth-order valence-electron chi connectivity index (χ4n) is 4.63. The molecule has 4 amide bonds. The lowest BCUT2D eigenvalue weighted by Gasteiger charge is -2.25. The second-order valence-corrected chi connectivity index (χ2v) is 15.0. The zero-order chi connectivity index (χ0) is 37.9. The van der Waals surface area contributed by atoms with Crippen LogP contribution in [0.3, 0.4) is 0 Å². The van der Waals surface area contributed by atoms with Crippen LogP contribution in [0.15, 0.2) is 63.9 Å². The van der Waals surface area contributed by atoms with Crippen LogP contribution in [0.4, 0.5) is 0 Å². The van der Waals surface area contributed by atoms with Crippen LogP contribution >= 0.6 is 0 Å². The van der Waals surface area contributed by atoms with Gasteiger partial charge in [0.05, 0.1) is 24.0 Å². The second kappa shape index (κ2) is 17.8. The van der Waals surface area contributed by atoms with Crippen LogP contribution in [0.5, 0.6) is 0 Å². The number of sulfonamides is 1. The third-order valence-electron chi connectivity index (χ3n) is 7.24. The van der Waals surface area contributed by atoms with Gasteiger partial charge in [-0.3, -0.25) is 24.0 Å². The molecule has 3 rings (SSSR count). The smallest absolute Gasteiger partial charge is 0.286 e. The first-order chi connectivity index (χ1) is 23.9. The van der Waals surface area contributed by atoms with Crippen molar-refractivity contribution in [1.29, 1.82) is 0 Å². The standard InChI is InChI=1S/C34H45N7O9S/c1-20(2)16-24(28(43)33-41-40-32(50-33)22-10-8-7-9-11-22)37-31(46)26(18-49-6)39-30(45)25(17-27(42)36-19-34(3,4)5)38-29(44)21-12-14-23(15-13-21)51(35,47)48/h7-15,20,24-26H,16-19H2,1-6H3,(H,36,42)(H,37,46)(H,38,44)(H,39,45)(H2,35,47,48)/t24-,25-,26-/m0/s1. The van der Waals surface area contributed by atoms with E-state index in [1.54, 1.807) is 24.3 Å². The van der Waals surface area contributed by atoms with Crippen molar-refractivity contribution in [2.75, 3.05) is 20.3 Å². The zero-order valence-corrected chi connectivity index (χ0v) is 30.2. The highest BCUT2D eigenvalue weighted by atomic mass is 32.2. The average Bonchev–Trinajstić information content (AvgIpc) is 3.56. The number of aromatic nitrogens is 2. The number of nitrogens with one attached hydrogen (secondary N) is 4. The molecule has 0 saturated carbocycles. The molecule has 6 N–H and O–H groups in total. The van der Waals surface area contributed by atoms with Gasteiger partial charge in [-0.1, -0.05) is 52.8 Å². The van der Waals surface area contributed by atoms with Crippen LogP contribution in [-0.2, 0) is 29.1 Å². The topological polar surface area (TPSA) is 242 Å². The molecule has 1 aromatic heterocycles. The number of Topliss-reactive ketones (excluding diaryl/α,β-unsaturated/α-hetero) is 1. The quantitative estimate of drug-likeness (QED) is 0.125. The first-order valence-corrected chi connectivity index (χ1v) is 17.7. The molecule has 3 aromatic rings. The molecule has 0 fully saturated rings.